The normalized spacial score (nSPS) is 9.75. The van der Waals surface area contributed by atoms with Crippen LogP contribution in [0.2, 0.25) is 5.02 Å². The average molecular weight is 242 g/mol. The standard InChI is InChI=1S/C11H12ClNO3/c1-7(14)11(15)13(2)9-6-8(12)4-5-10(9)16-3/h4-6H,1-3H3. The van der Waals surface area contributed by atoms with Crippen molar-refractivity contribution in [3.8, 4) is 5.75 Å². The van der Waals surface area contributed by atoms with Crippen molar-refractivity contribution in [3.63, 3.8) is 0 Å². The number of hydrogen-bond donors (Lipinski definition) is 0. The van der Waals surface area contributed by atoms with Crippen LogP contribution < -0.4 is 9.64 Å². The van der Waals surface area contributed by atoms with Crippen LogP contribution in [0.3, 0.4) is 0 Å². The lowest BCUT2D eigenvalue weighted by Crippen LogP contribution is -2.31. The molecule has 0 aromatic heterocycles. The first-order valence-electron chi connectivity index (χ1n) is 4.59. The summed E-state index contributed by atoms with van der Waals surface area (Å²) in [6.07, 6.45) is 0. The molecule has 0 aliphatic heterocycles. The molecule has 1 aromatic carbocycles. The Morgan fingerprint density at radius 3 is 2.50 bits per heavy atom. The van der Waals surface area contributed by atoms with E-state index in [-0.39, 0.29) is 0 Å². The molecule has 0 aliphatic carbocycles. The van der Waals surface area contributed by atoms with Gasteiger partial charge in [0, 0.05) is 19.0 Å². The Bertz CT molecular complexity index is 431. The first-order chi connectivity index (χ1) is 7.47. The van der Waals surface area contributed by atoms with E-state index in [2.05, 4.69) is 0 Å². The highest BCUT2D eigenvalue weighted by molar-refractivity contribution is 6.40. The van der Waals surface area contributed by atoms with Gasteiger partial charge < -0.3 is 9.64 Å². The number of anilines is 1. The van der Waals surface area contributed by atoms with Gasteiger partial charge in [-0.3, -0.25) is 9.59 Å². The maximum absolute atomic E-state index is 11.5. The minimum absolute atomic E-state index is 0.468. The lowest BCUT2D eigenvalue weighted by molar-refractivity contribution is -0.134. The third kappa shape index (κ3) is 2.52. The van der Waals surface area contributed by atoms with Crippen molar-refractivity contribution in [2.45, 2.75) is 6.92 Å². The van der Waals surface area contributed by atoms with Gasteiger partial charge in [0.1, 0.15) is 5.75 Å². The molecular formula is C11H12ClNO3. The summed E-state index contributed by atoms with van der Waals surface area (Å²) in [7, 11) is 2.98. The van der Waals surface area contributed by atoms with Crippen LogP contribution in [-0.4, -0.2) is 25.8 Å². The summed E-state index contributed by atoms with van der Waals surface area (Å²) in [4.78, 5) is 23.7. The number of ether oxygens (including phenoxy) is 1. The lowest BCUT2D eigenvalue weighted by Gasteiger charge is -2.18. The van der Waals surface area contributed by atoms with E-state index in [1.807, 2.05) is 0 Å². The van der Waals surface area contributed by atoms with Crippen molar-refractivity contribution < 1.29 is 14.3 Å². The Kier molecular flexibility index (Phi) is 3.90. The van der Waals surface area contributed by atoms with E-state index in [0.29, 0.717) is 16.5 Å². The van der Waals surface area contributed by atoms with Gasteiger partial charge in [-0.15, -0.1) is 0 Å². The quantitative estimate of drug-likeness (QED) is 0.760. The van der Waals surface area contributed by atoms with Crippen molar-refractivity contribution in [2.24, 2.45) is 0 Å². The zero-order valence-corrected chi connectivity index (χ0v) is 10.0. The van der Waals surface area contributed by atoms with Gasteiger partial charge in [0.15, 0.2) is 0 Å². The van der Waals surface area contributed by atoms with Crippen LogP contribution in [0.25, 0.3) is 0 Å². The number of hydrogen-bond acceptors (Lipinski definition) is 3. The molecule has 0 atom stereocenters. The monoisotopic (exact) mass is 241 g/mol. The van der Waals surface area contributed by atoms with Crippen molar-refractivity contribution >= 4 is 29.0 Å². The molecule has 0 N–H and O–H groups in total. The average Bonchev–Trinajstić information content (AvgIpc) is 2.26. The Labute approximate surface area is 98.8 Å². The number of Topliss-reactive ketones (excluding diaryl/α,β-unsaturated/α-hetero) is 1. The van der Waals surface area contributed by atoms with Crippen molar-refractivity contribution in [1.29, 1.82) is 0 Å². The minimum Gasteiger partial charge on any atom is -0.495 e. The fourth-order valence-corrected chi connectivity index (χ4v) is 1.44. The maximum Gasteiger partial charge on any atom is 0.293 e. The van der Waals surface area contributed by atoms with Gasteiger partial charge >= 0.3 is 0 Å². The van der Waals surface area contributed by atoms with Gasteiger partial charge in [-0.25, -0.2) is 0 Å². The zero-order valence-electron chi connectivity index (χ0n) is 9.28. The highest BCUT2D eigenvalue weighted by Gasteiger charge is 2.18. The van der Waals surface area contributed by atoms with E-state index in [1.54, 1.807) is 18.2 Å². The molecule has 0 heterocycles. The number of amides is 1. The lowest BCUT2D eigenvalue weighted by atomic mass is 10.2. The second kappa shape index (κ2) is 4.99. The first kappa shape index (κ1) is 12.5. The van der Waals surface area contributed by atoms with Crippen LogP contribution in [-0.2, 0) is 9.59 Å². The van der Waals surface area contributed by atoms with Gasteiger partial charge in [-0.05, 0) is 18.2 Å². The van der Waals surface area contributed by atoms with E-state index in [4.69, 9.17) is 16.3 Å². The van der Waals surface area contributed by atoms with Crippen LogP contribution in [0.15, 0.2) is 18.2 Å². The molecule has 0 saturated carbocycles. The Morgan fingerprint density at radius 2 is 2.00 bits per heavy atom. The second-order valence-corrected chi connectivity index (χ2v) is 3.67. The second-order valence-electron chi connectivity index (χ2n) is 3.24. The van der Waals surface area contributed by atoms with E-state index in [1.165, 1.54) is 26.0 Å². The van der Waals surface area contributed by atoms with E-state index >= 15 is 0 Å². The third-order valence-corrected chi connectivity index (χ3v) is 2.34. The number of rotatable bonds is 3. The van der Waals surface area contributed by atoms with Crippen LogP contribution in [0.1, 0.15) is 6.92 Å². The number of nitrogens with zero attached hydrogens (tertiary/aromatic N) is 1. The summed E-state index contributed by atoms with van der Waals surface area (Å²) in [5.74, 6) is -0.661. The molecule has 86 valence electrons. The van der Waals surface area contributed by atoms with Crippen LogP contribution >= 0.6 is 11.6 Å². The SMILES string of the molecule is COc1ccc(Cl)cc1N(C)C(=O)C(C)=O. The molecule has 5 heteroatoms. The number of benzene rings is 1. The molecule has 0 unspecified atom stereocenters. The molecule has 0 spiro atoms. The fourth-order valence-electron chi connectivity index (χ4n) is 1.27. The predicted octanol–water partition coefficient (Wildman–Crippen LogP) is 1.90. The molecule has 1 amide bonds. The smallest absolute Gasteiger partial charge is 0.293 e. The number of carbonyl (C=O) groups excluding carboxylic acids is 2. The Balaban J connectivity index is 3.15. The van der Waals surface area contributed by atoms with Gasteiger partial charge in [-0.1, -0.05) is 11.6 Å². The molecule has 4 nitrogen and oxygen atoms in total. The molecule has 0 aliphatic rings. The summed E-state index contributed by atoms with van der Waals surface area (Å²) in [6.45, 7) is 1.22. The number of ketones is 1. The van der Waals surface area contributed by atoms with Gasteiger partial charge in [-0.2, -0.15) is 0 Å². The van der Waals surface area contributed by atoms with Crippen molar-refractivity contribution in [3.05, 3.63) is 23.2 Å². The molecular weight excluding hydrogens is 230 g/mol. The molecule has 0 fully saturated rings. The highest BCUT2D eigenvalue weighted by atomic mass is 35.5. The summed E-state index contributed by atoms with van der Waals surface area (Å²) in [6, 6.07) is 4.86. The summed E-state index contributed by atoms with van der Waals surface area (Å²) in [5.41, 5.74) is 0.468. The van der Waals surface area contributed by atoms with Crippen molar-refractivity contribution in [1.82, 2.24) is 0 Å². The van der Waals surface area contributed by atoms with Crippen LogP contribution in [0.4, 0.5) is 5.69 Å². The van der Waals surface area contributed by atoms with Crippen LogP contribution in [0, 0.1) is 0 Å². The van der Waals surface area contributed by atoms with Gasteiger partial charge in [0.2, 0.25) is 5.78 Å². The zero-order chi connectivity index (χ0) is 12.3. The molecule has 16 heavy (non-hydrogen) atoms. The van der Waals surface area contributed by atoms with Gasteiger partial charge in [0.05, 0.1) is 12.8 Å². The molecule has 0 radical (unpaired) electrons. The van der Waals surface area contributed by atoms with Crippen LogP contribution in [0.5, 0.6) is 5.75 Å². The third-order valence-electron chi connectivity index (χ3n) is 2.11. The van der Waals surface area contributed by atoms with E-state index in [0.717, 1.165) is 0 Å². The Morgan fingerprint density at radius 1 is 1.38 bits per heavy atom. The summed E-state index contributed by atoms with van der Waals surface area (Å²) in [5, 5.41) is 0.471. The number of carbonyl (C=O) groups is 2. The predicted molar refractivity (Wildman–Crippen MR) is 62.1 cm³/mol. The molecule has 0 bridgehead atoms. The Hall–Kier alpha value is -1.55. The molecule has 0 saturated heterocycles. The topological polar surface area (TPSA) is 46.6 Å². The number of halogens is 1. The van der Waals surface area contributed by atoms with E-state index in [9.17, 15) is 9.59 Å². The number of methoxy groups -OCH3 is 1. The highest BCUT2D eigenvalue weighted by Crippen LogP contribution is 2.30. The maximum atomic E-state index is 11.5. The van der Waals surface area contributed by atoms with Crippen molar-refractivity contribution in [2.75, 3.05) is 19.1 Å². The minimum atomic E-state index is -0.611. The van der Waals surface area contributed by atoms with Gasteiger partial charge in [0.25, 0.3) is 5.91 Å². The fraction of sp³-hybridized carbons (Fsp3) is 0.273. The summed E-state index contributed by atoms with van der Waals surface area (Å²) < 4.78 is 5.09. The van der Waals surface area contributed by atoms with E-state index < -0.39 is 11.7 Å². The number of likely N-dealkylation sites (N-methyl/N-ethyl adjacent to an activating group) is 1. The summed E-state index contributed by atoms with van der Waals surface area (Å²) >= 11 is 5.82. The molecule has 1 rings (SSSR count). The largest absolute Gasteiger partial charge is 0.495 e. The first-order valence-corrected chi connectivity index (χ1v) is 4.97. The molecule has 1 aromatic rings.